The minimum Gasteiger partial charge on any atom is -0.387 e. The molecule has 0 amide bonds. The van der Waals surface area contributed by atoms with Crippen LogP contribution in [0.25, 0.3) is 0 Å². The van der Waals surface area contributed by atoms with E-state index in [1.807, 2.05) is 19.1 Å². The Balaban J connectivity index is 1.94. The number of aryl methyl sites for hydroxylation is 1. The molecule has 0 radical (unpaired) electrons. The lowest BCUT2D eigenvalue weighted by atomic mass is 10.1. The average Bonchev–Trinajstić information content (AvgIpc) is 2.58. The highest BCUT2D eigenvalue weighted by molar-refractivity contribution is 5.79. The van der Waals surface area contributed by atoms with Gasteiger partial charge in [-0.15, -0.1) is 0 Å². The van der Waals surface area contributed by atoms with E-state index in [9.17, 15) is 9.50 Å². The number of rotatable bonds is 6. The van der Waals surface area contributed by atoms with Crippen molar-refractivity contribution in [1.82, 2.24) is 10.6 Å². The quantitative estimate of drug-likeness (QED) is 0.564. The highest BCUT2D eigenvalue weighted by Gasteiger charge is 2.08. The van der Waals surface area contributed by atoms with Gasteiger partial charge >= 0.3 is 0 Å². The topological polar surface area (TPSA) is 56.7 Å². The molecule has 0 heterocycles. The Morgan fingerprint density at radius 3 is 2.58 bits per heavy atom. The minimum atomic E-state index is -0.728. The first kappa shape index (κ1) is 17.9. The van der Waals surface area contributed by atoms with Gasteiger partial charge in [-0.3, -0.25) is 0 Å². The first-order valence-electron chi connectivity index (χ1n) is 8.09. The fourth-order valence-corrected chi connectivity index (χ4v) is 2.32. The van der Waals surface area contributed by atoms with Crippen LogP contribution in [-0.2, 0) is 6.54 Å². The summed E-state index contributed by atoms with van der Waals surface area (Å²) < 4.78 is 12.9. The lowest BCUT2D eigenvalue weighted by molar-refractivity contribution is 0.180. The van der Waals surface area contributed by atoms with Gasteiger partial charge in [0, 0.05) is 13.1 Å². The predicted molar refractivity (Wildman–Crippen MR) is 95.4 cm³/mol. The molecule has 2 aromatic carbocycles. The summed E-state index contributed by atoms with van der Waals surface area (Å²) in [6.45, 7) is 5.62. The smallest absolute Gasteiger partial charge is 0.191 e. The van der Waals surface area contributed by atoms with Crippen molar-refractivity contribution in [2.75, 3.05) is 13.1 Å². The van der Waals surface area contributed by atoms with Crippen LogP contribution in [0.1, 0.15) is 29.7 Å². The van der Waals surface area contributed by atoms with E-state index in [1.165, 1.54) is 17.7 Å². The van der Waals surface area contributed by atoms with Gasteiger partial charge < -0.3 is 15.7 Å². The van der Waals surface area contributed by atoms with E-state index in [2.05, 4.69) is 34.7 Å². The summed E-state index contributed by atoms with van der Waals surface area (Å²) in [6, 6.07) is 14.0. The third-order valence-corrected chi connectivity index (χ3v) is 3.56. The summed E-state index contributed by atoms with van der Waals surface area (Å²) >= 11 is 0. The fourth-order valence-electron chi connectivity index (χ4n) is 2.32. The molecule has 1 unspecified atom stereocenters. The third-order valence-electron chi connectivity index (χ3n) is 3.56. The summed E-state index contributed by atoms with van der Waals surface area (Å²) in [5, 5.41) is 16.4. The molecule has 2 rings (SSSR count). The molecule has 4 nitrogen and oxygen atoms in total. The van der Waals surface area contributed by atoms with Crippen LogP contribution in [0.2, 0.25) is 0 Å². The Morgan fingerprint density at radius 1 is 1.17 bits per heavy atom. The van der Waals surface area contributed by atoms with Crippen LogP contribution in [0, 0.1) is 12.7 Å². The zero-order valence-electron chi connectivity index (χ0n) is 14.1. The average molecular weight is 329 g/mol. The van der Waals surface area contributed by atoms with Gasteiger partial charge in [-0.1, -0.05) is 42.0 Å². The molecule has 5 heteroatoms. The van der Waals surface area contributed by atoms with E-state index in [-0.39, 0.29) is 5.82 Å². The Labute approximate surface area is 142 Å². The van der Waals surface area contributed by atoms with Crippen LogP contribution >= 0.6 is 0 Å². The molecule has 0 saturated carbocycles. The van der Waals surface area contributed by atoms with Crippen molar-refractivity contribution in [2.24, 2.45) is 4.99 Å². The number of hydrogen-bond donors (Lipinski definition) is 3. The summed E-state index contributed by atoms with van der Waals surface area (Å²) in [6.07, 6.45) is -0.728. The second-order valence-corrected chi connectivity index (χ2v) is 5.63. The fraction of sp³-hybridized carbons (Fsp3) is 0.316. The number of benzene rings is 2. The van der Waals surface area contributed by atoms with Crippen LogP contribution in [0.15, 0.2) is 53.5 Å². The molecule has 0 bridgehead atoms. The molecule has 2 aromatic rings. The Hall–Kier alpha value is -2.40. The normalized spacial score (nSPS) is 12.8. The molecule has 0 aromatic heterocycles. The molecule has 0 spiro atoms. The Bertz CT molecular complexity index is 671. The number of halogens is 1. The van der Waals surface area contributed by atoms with Crippen LogP contribution in [0.5, 0.6) is 0 Å². The zero-order chi connectivity index (χ0) is 17.4. The highest BCUT2D eigenvalue weighted by Crippen LogP contribution is 2.12. The van der Waals surface area contributed by atoms with Crippen LogP contribution < -0.4 is 10.6 Å². The number of guanidine groups is 1. The van der Waals surface area contributed by atoms with Crippen molar-refractivity contribution in [3.05, 3.63) is 71.0 Å². The second-order valence-electron chi connectivity index (χ2n) is 5.63. The maximum absolute atomic E-state index is 12.9. The molecule has 0 aliphatic rings. The van der Waals surface area contributed by atoms with Gasteiger partial charge in [0.15, 0.2) is 5.96 Å². The maximum atomic E-state index is 12.9. The standard InChI is InChI=1S/C19H24FN3O/c1-3-21-19(22-12-15-6-4-5-14(2)11-15)23-13-18(24)16-7-9-17(20)10-8-16/h4-11,18,24H,3,12-13H2,1-2H3,(H2,21,22,23). The van der Waals surface area contributed by atoms with Crippen molar-refractivity contribution in [3.8, 4) is 0 Å². The van der Waals surface area contributed by atoms with Gasteiger partial charge in [0.05, 0.1) is 12.6 Å². The van der Waals surface area contributed by atoms with Gasteiger partial charge in [-0.25, -0.2) is 9.38 Å². The van der Waals surface area contributed by atoms with E-state index < -0.39 is 6.10 Å². The molecule has 0 saturated heterocycles. The SMILES string of the molecule is CCNC(=NCc1cccc(C)c1)NCC(O)c1ccc(F)cc1. The van der Waals surface area contributed by atoms with E-state index in [0.29, 0.717) is 24.6 Å². The summed E-state index contributed by atoms with van der Waals surface area (Å²) in [5.74, 6) is 0.326. The van der Waals surface area contributed by atoms with Gasteiger partial charge in [0.25, 0.3) is 0 Å². The van der Waals surface area contributed by atoms with Crippen molar-refractivity contribution in [1.29, 1.82) is 0 Å². The molecule has 0 aliphatic heterocycles. The Kier molecular flexibility index (Phi) is 6.75. The Morgan fingerprint density at radius 2 is 1.92 bits per heavy atom. The molecule has 128 valence electrons. The molecule has 3 N–H and O–H groups in total. The number of nitrogens with zero attached hydrogens (tertiary/aromatic N) is 1. The lowest BCUT2D eigenvalue weighted by Crippen LogP contribution is -2.39. The molecular weight excluding hydrogens is 305 g/mol. The number of aliphatic imine (C=N–C) groups is 1. The summed E-state index contributed by atoms with van der Waals surface area (Å²) in [4.78, 5) is 4.53. The number of nitrogens with one attached hydrogen (secondary N) is 2. The van der Waals surface area contributed by atoms with Gasteiger partial charge in [-0.05, 0) is 37.1 Å². The van der Waals surface area contributed by atoms with Crippen molar-refractivity contribution in [3.63, 3.8) is 0 Å². The van der Waals surface area contributed by atoms with Crippen molar-refractivity contribution < 1.29 is 9.50 Å². The monoisotopic (exact) mass is 329 g/mol. The molecule has 0 fully saturated rings. The number of hydrogen-bond acceptors (Lipinski definition) is 2. The highest BCUT2D eigenvalue weighted by atomic mass is 19.1. The first-order valence-corrected chi connectivity index (χ1v) is 8.09. The number of aliphatic hydroxyl groups excluding tert-OH is 1. The van der Waals surface area contributed by atoms with Gasteiger partial charge in [-0.2, -0.15) is 0 Å². The summed E-state index contributed by atoms with van der Waals surface area (Å²) in [7, 11) is 0. The van der Waals surface area contributed by atoms with Crippen molar-refractivity contribution >= 4 is 5.96 Å². The minimum absolute atomic E-state index is 0.297. The van der Waals surface area contributed by atoms with Crippen molar-refractivity contribution in [2.45, 2.75) is 26.5 Å². The lowest BCUT2D eigenvalue weighted by Gasteiger charge is -2.15. The van der Waals surface area contributed by atoms with E-state index in [1.54, 1.807) is 12.1 Å². The largest absolute Gasteiger partial charge is 0.387 e. The maximum Gasteiger partial charge on any atom is 0.191 e. The zero-order valence-corrected chi connectivity index (χ0v) is 14.1. The van der Waals surface area contributed by atoms with Gasteiger partial charge in [0.2, 0.25) is 0 Å². The van der Waals surface area contributed by atoms with E-state index >= 15 is 0 Å². The van der Waals surface area contributed by atoms with Crippen LogP contribution in [0.3, 0.4) is 0 Å². The third kappa shape index (κ3) is 5.66. The number of aliphatic hydroxyl groups is 1. The van der Waals surface area contributed by atoms with E-state index in [4.69, 9.17) is 0 Å². The van der Waals surface area contributed by atoms with E-state index in [0.717, 1.165) is 12.1 Å². The molecule has 24 heavy (non-hydrogen) atoms. The first-order chi connectivity index (χ1) is 11.6. The molecular formula is C19H24FN3O. The van der Waals surface area contributed by atoms with Crippen LogP contribution in [0.4, 0.5) is 4.39 Å². The predicted octanol–water partition coefficient (Wildman–Crippen LogP) is 2.92. The molecule has 1 atom stereocenters. The summed E-state index contributed by atoms with van der Waals surface area (Å²) in [5.41, 5.74) is 3.00. The molecule has 0 aliphatic carbocycles. The van der Waals surface area contributed by atoms with Crippen LogP contribution in [-0.4, -0.2) is 24.2 Å². The van der Waals surface area contributed by atoms with Gasteiger partial charge in [0.1, 0.15) is 5.82 Å². The second kappa shape index (κ2) is 9.03.